The van der Waals surface area contributed by atoms with Crippen LogP contribution in [0.3, 0.4) is 0 Å². The summed E-state index contributed by atoms with van der Waals surface area (Å²) < 4.78 is 63.3. The van der Waals surface area contributed by atoms with Gasteiger partial charge in [-0.05, 0) is 43.7 Å². The number of alkyl halides is 3. The van der Waals surface area contributed by atoms with Crippen LogP contribution >= 0.6 is 0 Å². The van der Waals surface area contributed by atoms with E-state index in [0.717, 1.165) is 17.8 Å². The fourth-order valence-corrected chi connectivity index (χ4v) is 3.13. The molecule has 25 heavy (non-hydrogen) atoms. The number of amidine groups is 1. The molecule has 2 N–H and O–H groups in total. The van der Waals surface area contributed by atoms with Gasteiger partial charge in [-0.1, -0.05) is 0 Å². The van der Waals surface area contributed by atoms with Crippen LogP contribution in [0.1, 0.15) is 16.8 Å². The van der Waals surface area contributed by atoms with Crippen LogP contribution < -0.4 is 5.73 Å². The van der Waals surface area contributed by atoms with Gasteiger partial charge in [-0.15, -0.1) is 0 Å². The lowest BCUT2D eigenvalue weighted by Crippen LogP contribution is -2.19. The molecule has 1 aromatic heterocycles. The summed E-state index contributed by atoms with van der Waals surface area (Å²) in [6.07, 6.45) is -3.15. The Labute approximate surface area is 144 Å². The van der Waals surface area contributed by atoms with Crippen LogP contribution in [-0.4, -0.2) is 27.0 Å². The number of nitrogens with zero attached hydrogens (tertiary/aromatic N) is 2. The first kappa shape index (κ1) is 19.0. The van der Waals surface area contributed by atoms with E-state index < -0.39 is 28.5 Å². The van der Waals surface area contributed by atoms with E-state index in [9.17, 15) is 21.8 Å². The van der Waals surface area contributed by atoms with E-state index in [-0.39, 0.29) is 22.0 Å². The minimum Gasteiger partial charge on any atom is -0.383 e. The van der Waals surface area contributed by atoms with Crippen molar-refractivity contribution < 1.29 is 21.8 Å². The first-order valence-electron chi connectivity index (χ1n) is 7.09. The highest BCUT2D eigenvalue weighted by Crippen LogP contribution is 2.28. The Morgan fingerprint density at radius 2 is 1.96 bits per heavy atom. The summed E-state index contributed by atoms with van der Waals surface area (Å²) in [5.74, 6) is -2.34. The maximum Gasteiger partial charge on any atom is 0.400 e. The smallest absolute Gasteiger partial charge is 0.383 e. The highest BCUT2D eigenvalue weighted by Gasteiger charge is 2.31. The topological polar surface area (TPSA) is 68.3 Å². The molecule has 0 aliphatic heterocycles. The minimum absolute atomic E-state index is 0.0530. The van der Waals surface area contributed by atoms with Crippen LogP contribution in [0.15, 0.2) is 40.4 Å². The average molecular weight is 373 g/mol. The van der Waals surface area contributed by atoms with Crippen molar-refractivity contribution in [3.05, 3.63) is 53.1 Å². The highest BCUT2D eigenvalue weighted by atomic mass is 32.2. The van der Waals surface area contributed by atoms with Crippen molar-refractivity contribution in [2.24, 2.45) is 10.7 Å². The molecule has 0 radical (unpaired) electrons. The first-order valence-corrected chi connectivity index (χ1v) is 8.41. The van der Waals surface area contributed by atoms with Crippen molar-refractivity contribution in [3.8, 4) is 0 Å². The first-order chi connectivity index (χ1) is 11.6. The summed E-state index contributed by atoms with van der Waals surface area (Å²) >= 11 is 0. The van der Waals surface area contributed by atoms with E-state index >= 15 is 0 Å². The molecule has 1 unspecified atom stereocenters. The molecule has 0 aliphatic carbocycles. The number of rotatable bonds is 4. The monoisotopic (exact) mass is 373 g/mol. The average Bonchev–Trinajstić information content (AvgIpc) is 2.48. The van der Waals surface area contributed by atoms with Gasteiger partial charge in [-0.3, -0.25) is 9.19 Å². The molecule has 134 valence electrons. The Morgan fingerprint density at radius 3 is 2.52 bits per heavy atom. The van der Waals surface area contributed by atoms with E-state index in [1.54, 1.807) is 19.1 Å². The van der Waals surface area contributed by atoms with Crippen LogP contribution in [0.4, 0.5) is 23.2 Å². The van der Waals surface area contributed by atoms with Gasteiger partial charge in [0, 0.05) is 22.3 Å². The van der Waals surface area contributed by atoms with E-state index in [2.05, 4.69) is 9.98 Å². The number of halogens is 4. The third-order valence-corrected chi connectivity index (χ3v) is 4.75. The third-order valence-electron chi connectivity index (χ3n) is 3.23. The summed E-state index contributed by atoms with van der Waals surface area (Å²) in [6, 6.07) is 5.34. The lowest BCUT2D eigenvalue weighted by molar-refractivity contribution is -0.105. The summed E-state index contributed by atoms with van der Waals surface area (Å²) in [5.41, 5.74) is 6.85. The Balaban J connectivity index is 2.41. The van der Waals surface area contributed by atoms with Gasteiger partial charge in [0.15, 0.2) is 0 Å². The van der Waals surface area contributed by atoms with Crippen LogP contribution in [0.25, 0.3) is 0 Å². The lowest BCUT2D eigenvalue weighted by Gasteiger charge is -2.10. The normalized spacial score (nSPS) is 13.8. The second kappa shape index (κ2) is 7.30. The van der Waals surface area contributed by atoms with Crippen molar-refractivity contribution in [2.45, 2.75) is 24.9 Å². The van der Waals surface area contributed by atoms with E-state index in [0.29, 0.717) is 5.56 Å². The van der Waals surface area contributed by atoms with Crippen LogP contribution in [0.2, 0.25) is 0 Å². The molecular formula is C16H15F4N3OS. The molecule has 0 saturated carbocycles. The van der Waals surface area contributed by atoms with Gasteiger partial charge >= 0.3 is 6.18 Å². The fraction of sp³-hybridized carbons (Fsp3) is 0.250. The lowest BCUT2D eigenvalue weighted by atomic mass is 10.2. The summed E-state index contributed by atoms with van der Waals surface area (Å²) in [4.78, 5) is 7.81. The predicted octanol–water partition coefficient (Wildman–Crippen LogP) is 3.54. The van der Waals surface area contributed by atoms with Gasteiger partial charge < -0.3 is 5.73 Å². The standard InChI is InChI=1S/C16H15F4N3OS/c1-9-5-12(17)13(6-14(9)25(24)8-16(18,19)20)23-15(21)11-4-3-10(2)22-7-11/h3-7H,8H2,1-2H3,(H2,21,23). The zero-order valence-electron chi connectivity index (χ0n) is 13.4. The number of aryl methyl sites for hydroxylation is 2. The minimum atomic E-state index is -4.60. The predicted molar refractivity (Wildman–Crippen MR) is 87.8 cm³/mol. The van der Waals surface area contributed by atoms with Gasteiger partial charge in [0.1, 0.15) is 23.1 Å². The molecular weight excluding hydrogens is 358 g/mol. The number of hydrogen-bond donors (Lipinski definition) is 1. The van der Waals surface area contributed by atoms with Crippen molar-refractivity contribution in [3.63, 3.8) is 0 Å². The van der Waals surface area contributed by atoms with Crippen LogP contribution in [-0.2, 0) is 10.8 Å². The molecule has 2 aromatic rings. The van der Waals surface area contributed by atoms with Crippen LogP contribution in [0, 0.1) is 19.7 Å². The Hall–Kier alpha value is -2.29. The molecule has 1 heterocycles. The van der Waals surface area contributed by atoms with Gasteiger partial charge in [-0.2, -0.15) is 13.2 Å². The third kappa shape index (κ3) is 5.09. The Kier molecular flexibility index (Phi) is 5.56. The summed E-state index contributed by atoms with van der Waals surface area (Å²) in [6.45, 7) is 3.16. The fourth-order valence-electron chi connectivity index (χ4n) is 2.01. The second-order valence-electron chi connectivity index (χ2n) is 5.36. The molecule has 4 nitrogen and oxygen atoms in total. The number of hydrogen-bond acceptors (Lipinski definition) is 3. The van der Waals surface area contributed by atoms with Gasteiger partial charge in [0.25, 0.3) is 0 Å². The molecule has 0 saturated heterocycles. The number of pyridine rings is 1. The number of nitrogens with two attached hydrogens (primary N) is 1. The van der Waals surface area contributed by atoms with E-state index in [1.165, 1.54) is 13.1 Å². The molecule has 1 aromatic carbocycles. The van der Waals surface area contributed by atoms with E-state index in [4.69, 9.17) is 5.73 Å². The Morgan fingerprint density at radius 1 is 1.28 bits per heavy atom. The van der Waals surface area contributed by atoms with Gasteiger partial charge in [-0.25, -0.2) is 9.38 Å². The van der Waals surface area contributed by atoms with E-state index in [1.807, 2.05) is 0 Å². The molecule has 9 heteroatoms. The SMILES string of the molecule is Cc1ccc(C(N)=Nc2cc(S(=O)CC(F)(F)F)c(C)cc2F)cn1. The zero-order valence-corrected chi connectivity index (χ0v) is 14.2. The number of benzene rings is 1. The molecule has 0 fully saturated rings. The molecule has 2 rings (SSSR count). The quantitative estimate of drug-likeness (QED) is 0.506. The van der Waals surface area contributed by atoms with Crippen molar-refractivity contribution in [1.82, 2.24) is 4.98 Å². The molecule has 0 spiro atoms. The molecule has 0 aliphatic rings. The van der Waals surface area contributed by atoms with Crippen molar-refractivity contribution >= 4 is 22.3 Å². The molecule has 0 amide bonds. The number of aromatic nitrogens is 1. The Bertz CT molecular complexity index is 833. The molecule has 1 atom stereocenters. The summed E-state index contributed by atoms with van der Waals surface area (Å²) in [5, 5.41) is 0. The zero-order chi connectivity index (χ0) is 18.8. The van der Waals surface area contributed by atoms with Gasteiger partial charge in [0.2, 0.25) is 0 Å². The largest absolute Gasteiger partial charge is 0.400 e. The maximum atomic E-state index is 14.1. The number of aliphatic imine (C=N–C) groups is 1. The summed E-state index contributed by atoms with van der Waals surface area (Å²) in [7, 11) is -2.36. The maximum absolute atomic E-state index is 14.1. The highest BCUT2D eigenvalue weighted by molar-refractivity contribution is 7.85. The van der Waals surface area contributed by atoms with Gasteiger partial charge in [0.05, 0.1) is 10.8 Å². The molecule has 0 bridgehead atoms. The van der Waals surface area contributed by atoms with Crippen molar-refractivity contribution in [1.29, 1.82) is 0 Å². The van der Waals surface area contributed by atoms with Crippen molar-refractivity contribution in [2.75, 3.05) is 5.75 Å². The second-order valence-corrected chi connectivity index (χ2v) is 6.78. The van der Waals surface area contributed by atoms with Crippen LogP contribution in [0.5, 0.6) is 0 Å².